The van der Waals surface area contributed by atoms with Gasteiger partial charge in [-0.25, -0.2) is 13.6 Å². The average Bonchev–Trinajstić information content (AvgIpc) is 2.15. The minimum Gasteiger partial charge on any atom is -0.495 e. The summed E-state index contributed by atoms with van der Waals surface area (Å²) >= 11 is 0. The Bertz CT molecular complexity index is 529. The number of methoxy groups -OCH3 is 1. The van der Waals surface area contributed by atoms with Crippen molar-refractivity contribution in [3.8, 4) is 11.8 Å². The Labute approximate surface area is 88.1 Å². The van der Waals surface area contributed by atoms with E-state index in [1.807, 2.05) is 6.07 Å². The third kappa shape index (κ3) is 2.26. The number of nitrogens with zero attached hydrogens (tertiary/aromatic N) is 1. The maximum Gasteiger partial charge on any atom is 0.241 e. The summed E-state index contributed by atoms with van der Waals surface area (Å²) in [6.07, 6.45) is 0. The van der Waals surface area contributed by atoms with Crippen LogP contribution in [-0.4, -0.2) is 15.5 Å². The molecule has 0 aliphatic carbocycles. The topological polar surface area (TPSA) is 93.2 Å². The van der Waals surface area contributed by atoms with Gasteiger partial charge in [0.25, 0.3) is 0 Å². The van der Waals surface area contributed by atoms with Gasteiger partial charge in [0.05, 0.1) is 18.7 Å². The number of aryl methyl sites for hydroxylation is 1. The Morgan fingerprint density at radius 2 is 2.07 bits per heavy atom. The molecule has 0 atom stereocenters. The monoisotopic (exact) mass is 226 g/mol. The Morgan fingerprint density at radius 3 is 2.47 bits per heavy atom. The van der Waals surface area contributed by atoms with E-state index in [0.29, 0.717) is 5.56 Å². The smallest absolute Gasteiger partial charge is 0.241 e. The molecule has 0 radical (unpaired) electrons. The zero-order valence-electron chi connectivity index (χ0n) is 8.31. The normalized spacial score (nSPS) is 10.8. The molecule has 0 aliphatic heterocycles. The Morgan fingerprint density at radius 1 is 1.47 bits per heavy atom. The van der Waals surface area contributed by atoms with E-state index >= 15 is 0 Å². The molecule has 0 saturated carbocycles. The summed E-state index contributed by atoms with van der Waals surface area (Å²) in [5, 5.41) is 13.7. The zero-order valence-corrected chi connectivity index (χ0v) is 9.13. The molecule has 0 unspecified atom stereocenters. The summed E-state index contributed by atoms with van der Waals surface area (Å²) in [6, 6.07) is 4.57. The van der Waals surface area contributed by atoms with Crippen LogP contribution in [0.1, 0.15) is 11.1 Å². The second-order valence-electron chi connectivity index (χ2n) is 2.97. The quantitative estimate of drug-likeness (QED) is 0.795. The molecule has 2 N–H and O–H groups in total. The van der Waals surface area contributed by atoms with Crippen molar-refractivity contribution >= 4 is 10.0 Å². The summed E-state index contributed by atoms with van der Waals surface area (Å²) in [6.45, 7) is 1.69. The molecule has 1 aromatic carbocycles. The average molecular weight is 226 g/mol. The predicted octanol–water partition coefficient (Wildman–Crippen LogP) is 0.523. The summed E-state index contributed by atoms with van der Waals surface area (Å²) in [4.78, 5) is -0.174. The molecule has 0 aromatic heterocycles. The van der Waals surface area contributed by atoms with Crippen LogP contribution in [0.5, 0.6) is 5.75 Å². The number of hydrogen-bond donors (Lipinski definition) is 1. The largest absolute Gasteiger partial charge is 0.495 e. The van der Waals surface area contributed by atoms with Gasteiger partial charge in [-0.1, -0.05) is 0 Å². The Hall–Kier alpha value is -1.58. The van der Waals surface area contributed by atoms with Crippen molar-refractivity contribution in [2.24, 2.45) is 5.14 Å². The standard InChI is InChI=1S/C9H10N2O3S/c1-6-3-8(14-2)9(15(11,12)13)4-7(6)5-10/h3-4H,1-2H3,(H2,11,12,13). The third-order valence-electron chi connectivity index (χ3n) is 1.94. The van der Waals surface area contributed by atoms with Crippen LogP contribution >= 0.6 is 0 Å². The van der Waals surface area contributed by atoms with Gasteiger partial charge in [-0.3, -0.25) is 0 Å². The number of benzene rings is 1. The lowest BCUT2D eigenvalue weighted by molar-refractivity contribution is 0.402. The van der Waals surface area contributed by atoms with E-state index in [9.17, 15) is 8.42 Å². The second kappa shape index (κ2) is 3.88. The molecule has 0 amide bonds. The summed E-state index contributed by atoms with van der Waals surface area (Å²) < 4.78 is 27.2. The van der Waals surface area contributed by atoms with Gasteiger partial charge in [0.1, 0.15) is 10.6 Å². The van der Waals surface area contributed by atoms with Crippen LogP contribution in [0.25, 0.3) is 0 Å². The lowest BCUT2D eigenvalue weighted by Gasteiger charge is -2.08. The van der Waals surface area contributed by atoms with Gasteiger partial charge in [-0.05, 0) is 24.6 Å². The molecule has 1 rings (SSSR count). The van der Waals surface area contributed by atoms with E-state index in [2.05, 4.69) is 0 Å². The van der Waals surface area contributed by atoms with Crippen LogP contribution in [0, 0.1) is 18.3 Å². The fourth-order valence-corrected chi connectivity index (χ4v) is 1.87. The molecule has 0 heterocycles. The highest BCUT2D eigenvalue weighted by molar-refractivity contribution is 7.89. The lowest BCUT2D eigenvalue weighted by Crippen LogP contribution is -2.14. The first-order valence-corrected chi connectivity index (χ1v) is 5.56. The van der Waals surface area contributed by atoms with Crippen molar-refractivity contribution in [1.29, 1.82) is 5.26 Å². The Balaban J connectivity index is 3.59. The van der Waals surface area contributed by atoms with Gasteiger partial charge in [-0.2, -0.15) is 5.26 Å². The lowest BCUT2D eigenvalue weighted by atomic mass is 10.1. The maximum atomic E-state index is 11.2. The summed E-state index contributed by atoms with van der Waals surface area (Å²) in [5.41, 5.74) is 0.904. The molecule has 0 bridgehead atoms. The number of sulfonamides is 1. The number of hydrogen-bond acceptors (Lipinski definition) is 4. The minimum atomic E-state index is -3.87. The van der Waals surface area contributed by atoms with Gasteiger partial charge in [0.15, 0.2) is 0 Å². The zero-order chi connectivity index (χ0) is 11.6. The molecule has 0 spiro atoms. The van der Waals surface area contributed by atoms with Crippen LogP contribution in [0.3, 0.4) is 0 Å². The molecule has 0 aliphatic rings. The molecular formula is C9H10N2O3S. The van der Waals surface area contributed by atoms with E-state index < -0.39 is 10.0 Å². The van der Waals surface area contributed by atoms with Gasteiger partial charge in [0, 0.05) is 0 Å². The van der Waals surface area contributed by atoms with Gasteiger partial charge in [0.2, 0.25) is 10.0 Å². The summed E-state index contributed by atoms with van der Waals surface area (Å²) in [5.74, 6) is 0.147. The van der Waals surface area contributed by atoms with Crippen LogP contribution in [0.2, 0.25) is 0 Å². The molecule has 0 saturated heterocycles. The van der Waals surface area contributed by atoms with E-state index in [0.717, 1.165) is 0 Å². The molecule has 1 aromatic rings. The van der Waals surface area contributed by atoms with E-state index in [-0.39, 0.29) is 16.2 Å². The molecule has 80 valence electrons. The highest BCUT2D eigenvalue weighted by atomic mass is 32.2. The highest BCUT2D eigenvalue weighted by Crippen LogP contribution is 2.26. The van der Waals surface area contributed by atoms with Crippen molar-refractivity contribution in [3.05, 3.63) is 23.3 Å². The first kappa shape index (κ1) is 11.5. The van der Waals surface area contributed by atoms with Crippen molar-refractivity contribution in [2.45, 2.75) is 11.8 Å². The van der Waals surface area contributed by atoms with Gasteiger partial charge < -0.3 is 4.74 Å². The number of nitriles is 1. The number of primary sulfonamides is 1. The maximum absolute atomic E-state index is 11.2. The van der Waals surface area contributed by atoms with E-state index in [1.54, 1.807) is 6.92 Å². The third-order valence-corrected chi connectivity index (χ3v) is 2.87. The first-order chi connectivity index (χ1) is 6.90. The molecular weight excluding hydrogens is 216 g/mol. The number of ether oxygens (including phenoxy) is 1. The fraction of sp³-hybridized carbons (Fsp3) is 0.222. The van der Waals surface area contributed by atoms with Crippen molar-refractivity contribution in [3.63, 3.8) is 0 Å². The summed E-state index contributed by atoms with van der Waals surface area (Å²) in [7, 11) is -2.53. The molecule has 6 heteroatoms. The van der Waals surface area contributed by atoms with Gasteiger partial charge >= 0.3 is 0 Å². The van der Waals surface area contributed by atoms with Crippen LogP contribution in [0.4, 0.5) is 0 Å². The minimum absolute atomic E-state index is 0.147. The van der Waals surface area contributed by atoms with Crippen LogP contribution < -0.4 is 9.88 Å². The van der Waals surface area contributed by atoms with E-state index in [1.165, 1.54) is 19.2 Å². The Kier molecular flexibility index (Phi) is 2.98. The van der Waals surface area contributed by atoms with Crippen molar-refractivity contribution in [1.82, 2.24) is 0 Å². The second-order valence-corrected chi connectivity index (χ2v) is 4.50. The van der Waals surface area contributed by atoms with Crippen LogP contribution in [0.15, 0.2) is 17.0 Å². The molecule has 0 fully saturated rings. The van der Waals surface area contributed by atoms with Gasteiger partial charge in [-0.15, -0.1) is 0 Å². The molecule has 15 heavy (non-hydrogen) atoms. The predicted molar refractivity (Wildman–Crippen MR) is 53.8 cm³/mol. The first-order valence-electron chi connectivity index (χ1n) is 4.01. The SMILES string of the molecule is COc1cc(C)c(C#N)cc1S(N)(=O)=O. The van der Waals surface area contributed by atoms with Crippen LogP contribution in [-0.2, 0) is 10.0 Å². The highest BCUT2D eigenvalue weighted by Gasteiger charge is 2.17. The van der Waals surface area contributed by atoms with Crippen molar-refractivity contribution in [2.75, 3.05) is 7.11 Å². The fourth-order valence-electron chi connectivity index (χ4n) is 1.16. The van der Waals surface area contributed by atoms with Crippen molar-refractivity contribution < 1.29 is 13.2 Å². The number of rotatable bonds is 2. The van der Waals surface area contributed by atoms with E-state index in [4.69, 9.17) is 15.1 Å². The number of nitrogens with two attached hydrogens (primary N) is 1. The molecule has 5 nitrogen and oxygen atoms in total.